The zero-order valence-corrected chi connectivity index (χ0v) is 18.3. The van der Waals surface area contributed by atoms with Crippen molar-refractivity contribution in [3.05, 3.63) is 95.9 Å². The number of nitrogens with zero attached hydrogens (tertiary/aromatic N) is 2. The maximum absolute atomic E-state index is 10.1. The molecule has 4 nitrogen and oxygen atoms in total. The molecule has 0 unspecified atom stereocenters. The van der Waals surface area contributed by atoms with Crippen LogP contribution < -0.4 is 0 Å². The molecule has 0 spiro atoms. The summed E-state index contributed by atoms with van der Waals surface area (Å²) in [4.78, 5) is 18.3. The second-order valence-corrected chi connectivity index (χ2v) is 7.17. The van der Waals surface area contributed by atoms with Crippen LogP contribution in [0.25, 0.3) is 22.0 Å². The van der Waals surface area contributed by atoms with Crippen molar-refractivity contribution < 1.29 is 31.0 Å². The van der Waals surface area contributed by atoms with Gasteiger partial charge in [-0.15, -0.1) is 35.4 Å². The van der Waals surface area contributed by atoms with Gasteiger partial charge in [0.1, 0.15) is 5.69 Å². The van der Waals surface area contributed by atoms with Gasteiger partial charge in [0.05, 0.1) is 0 Å². The molecule has 2 heterocycles. The first-order valence-electron chi connectivity index (χ1n) is 9.04. The van der Waals surface area contributed by atoms with E-state index in [4.69, 9.17) is 5.11 Å². The molecule has 1 aliphatic rings. The number of hydrogen-bond acceptors (Lipinski definition) is 3. The summed E-state index contributed by atoms with van der Waals surface area (Å²) in [5, 5.41) is 10.9. The molecular weight excluding hydrogens is 543 g/mol. The van der Waals surface area contributed by atoms with Crippen LogP contribution in [0.1, 0.15) is 35.5 Å². The van der Waals surface area contributed by atoms with Crippen LogP contribution in [0, 0.1) is 6.07 Å². The molecule has 0 amide bonds. The van der Waals surface area contributed by atoms with Gasteiger partial charge >= 0.3 is 5.97 Å². The van der Waals surface area contributed by atoms with E-state index in [0.717, 1.165) is 11.3 Å². The molecule has 0 aliphatic heterocycles. The Morgan fingerprint density at radius 2 is 1.72 bits per heavy atom. The molecule has 1 aliphatic carbocycles. The summed E-state index contributed by atoms with van der Waals surface area (Å²) in [5.41, 5.74) is 4.98. The fourth-order valence-corrected chi connectivity index (χ4v) is 3.73. The summed E-state index contributed by atoms with van der Waals surface area (Å²) in [5.74, 6) is -0.990. The van der Waals surface area contributed by atoms with E-state index < -0.39 is 5.97 Å². The molecule has 0 saturated carbocycles. The van der Waals surface area contributed by atoms with Gasteiger partial charge in [0.2, 0.25) is 0 Å². The Hall–Kier alpha value is -2.84. The largest absolute Gasteiger partial charge is 0.477 e. The maximum atomic E-state index is 10.1. The van der Waals surface area contributed by atoms with Gasteiger partial charge in [-0.2, -0.15) is 0 Å². The first kappa shape index (κ1) is 20.9. The smallest absolute Gasteiger partial charge is 0.354 e. The number of hydrogen-bond donors (Lipinski definition) is 1. The molecule has 5 rings (SSSR count). The van der Waals surface area contributed by atoms with Crippen LogP contribution in [0.3, 0.4) is 0 Å². The summed E-state index contributed by atoms with van der Waals surface area (Å²) in [6.07, 6.45) is 3.34. The van der Waals surface area contributed by atoms with Crippen molar-refractivity contribution in [1.82, 2.24) is 9.97 Å². The van der Waals surface area contributed by atoms with Gasteiger partial charge in [-0.05, 0) is 45.6 Å². The van der Waals surface area contributed by atoms with E-state index in [2.05, 4.69) is 66.3 Å². The van der Waals surface area contributed by atoms with Crippen molar-refractivity contribution in [3.63, 3.8) is 0 Å². The Kier molecular flexibility index (Phi) is 5.95. The summed E-state index contributed by atoms with van der Waals surface area (Å²) >= 11 is 0. The summed E-state index contributed by atoms with van der Waals surface area (Å²) in [6.45, 7) is 4.56. The third-order valence-corrected chi connectivity index (χ3v) is 5.11. The van der Waals surface area contributed by atoms with Gasteiger partial charge in [0.25, 0.3) is 0 Å². The Morgan fingerprint density at radius 1 is 0.931 bits per heavy atom. The Bertz CT molecular complexity index is 1170. The number of pyridine rings is 2. The number of aromatic nitrogens is 2. The number of fused-ring (bicyclic) bond motifs is 2. The van der Waals surface area contributed by atoms with Crippen molar-refractivity contribution in [2.75, 3.05) is 0 Å². The Balaban J connectivity index is 0.000000205. The molecule has 5 heteroatoms. The van der Waals surface area contributed by atoms with E-state index in [0.29, 0.717) is 0 Å². The SMILES string of the molecule is CC1(C)c2ccc[c-]c2-c2nccc3cccc1c23.O=C(O)c1ccccn1.[Pt]. The summed E-state index contributed by atoms with van der Waals surface area (Å²) in [7, 11) is 0. The van der Waals surface area contributed by atoms with Crippen LogP contribution in [0.2, 0.25) is 0 Å². The number of carboxylic acids is 1. The van der Waals surface area contributed by atoms with Crippen LogP contribution in [0.4, 0.5) is 0 Å². The molecule has 0 fully saturated rings. The molecule has 0 radical (unpaired) electrons. The zero-order valence-electron chi connectivity index (χ0n) is 16.0. The Labute approximate surface area is 183 Å². The fourth-order valence-electron chi connectivity index (χ4n) is 3.73. The predicted molar refractivity (Wildman–Crippen MR) is 109 cm³/mol. The standard InChI is InChI=1S/C18H14N.C6H5NO2.Pt/c1-18(2)14-8-4-3-7-13(14)17-16-12(10-11-19-17)6-5-9-15(16)18;8-6(9)5-3-1-2-4-7-5;/h3-6,8-11H,1-2H3;1-4H,(H,8,9);/q-1;;. The quantitative estimate of drug-likeness (QED) is 0.328. The van der Waals surface area contributed by atoms with Gasteiger partial charge in [-0.3, -0.25) is 0 Å². The predicted octanol–water partition coefficient (Wildman–Crippen LogP) is 5.12. The van der Waals surface area contributed by atoms with Crippen LogP contribution >= 0.6 is 0 Å². The minimum atomic E-state index is -0.990. The van der Waals surface area contributed by atoms with Crippen molar-refractivity contribution >= 4 is 16.7 Å². The average molecular weight is 563 g/mol. The number of rotatable bonds is 1. The number of aromatic carboxylic acids is 1. The fraction of sp³-hybridized carbons (Fsp3) is 0.125. The van der Waals surface area contributed by atoms with Crippen LogP contribution in [-0.2, 0) is 26.5 Å². The molecule has 29 heavy (non-hydrogen) atoms. The maximum Gasteiger partial charge on any atom is 0.354 e. The molecule has 4 aromatic rings. The van der Waals surface area contributed by atoms with Crippen molar-refractivity contribution in [3.8, 4) is 11.3 Å². The molecule has 148 valence electrons. The number of carbonyl (C=O) groups is 1. The van der Waals surface area contributed by atoms with Crippen LogP contribution in [0.5, 0.6) is 0 Å². The van der Waals surface area contributed by atoms with Crippen molar-refractivity contribution in [1.29, 1.82) is 0 Å². The Morgan fingerprint density at radius 3 is 2.41 bits per heavy atom. The third kappa shape index (κ3) is 3.73. The molecular formula is C24H19N2O2Pt-. The molecule has 0 saturated heterocycles. The van der Waals surface area contributed by atoms with E-state index in [1.807, 2.05) is 12.3 Å². The van der Waals surface area contributed by atoms with Crippen molar-refractivity contribution in [2.45, 2.75) is 19.3 Å². The van der Waals surface area contributed by atoms with E-state index in [-0.39, 0.29) is 32.2 Å². The van der Waals surface area contributed by atoms with E-state index in [1.54, 1.807) is 12.1 Å². The number of benzene rings is 2. The molecule has 0 atom stereocenters. The van der Waals surface area contributed by atoms with E-state index >= 15 is 0 Å². The minimum Gasteiger partial charge on any atom is -0.477 e. The monoisotopic (exact) mass is 562 g/mol. The molecule has 2 aromatic carbocycles. The van der Waals surface area contributed by atoms with Gasteiger partial charge in [0.15, 0.2) is 0 Å². The second-order valence-electron chi connectivity index (χ2n) is 7.17. The van der Waals surface area contributed by atoms with Crippen LogP contribution in [0.15, 0.2) is 73.1 Å². The summed E-state index contributed by atoms with van der Waals surface area (Å²) < 4.78 is 0. The third-order valence-electron chi connectivity index (χ3n) is 5.11. The molecule has 2 aromatic heterocycles. The molecule has 1 N–H and O–H groups in total. The van der Waals surface area contributed by atoms with Gasteiger partial charge in [0, 0.05) is 33.5 Å². The average Bonchev–Trinajstić information content (AvgIpc) is 2.73. The first-order valence-corrected chi connectivity index (χ1v) is 9.04. The van der Waals surface area contributed by atoms with Gasteiger partial charge < -0.3 is 10.1 Å². The van der Waals surface area contributed by atoms with E-state index in [1.165, 1.54) is 34.2 Å². The zero-order chi connectivity index (χ0) is 19.7. The normalized spacial score (nSPS) is 12.8. The van der Waals surface area contributed by atoms with Gasteiger partial charge in [-0.1, -0.05) is 38.1 Å². The minimum absolute atomic E-state index is 0. The second kappa shape index (κ2) is 8.26. The summed E-state index contributed by atoms with van der Waals surface area (Å²) in [6, 6.07) is 23.0. The van der Waals surface area contributed by atoms with Gasteiger partial charge in [-0.25, -0.2) is 9.78 Å². The molecule has 0 bridgehead atoms. The van der Waals surface area contributed by atoms with Crippen molar-refractivity contribution in [2.24, 2.45) is 0 Å². The topological polar surface area (TPSA) is 63.1 Å². The van der Waals surface area contributed by atoms with E-state index in [9.17, 15) is 4.79 Å². The first-order chi connectivity index (χ1) is 13.5. The van der Waals surface area contributed by atoms with Crippen LogP contribution in [-0.4, -0.2) is 21.0 Å². The number of carboxylic acid groups (broad SMARTS) is 1.